The summed E-state index contributed by atoms with van der Waals surface area (Å²) in [6.45, 7) is 0.880. The van der Waals surface area contributed by atoms with Crippen molar-refractivity contribution in [2.45, 2.75) is 22.1 Å². The number of carbonyl (C=O) groups is 1. The summed E-state index contributed by atoms with van der Waals surface area (Å²) in [6, 6.07) is 13.8. The average Bonchev–Trinajstić information content (AvgIpc) is 2.60. The van der Waals surface area contributed by atoms with E-state index >= 15 is 0 Å². The Morgan fingerprint density at radius 2 is 1.91 bits per heavy atom. The highest BCUT2D eigenvalue weighted by Gasteiger charge is 2.29. The Labute approximate surface area is 140 Å². The first-order valence-electron chi connectivity index (χ1n) is 7.31. The fourth-order valence-electron chi connectivity index (χ4n) is 2.77. The lowest BCUT2D eigenvalue weighted by Gasteiger charge is -2.18. The first kappa shape index (κ1) is 15.6. The molecule has 0 bridgehead atoms. The zero-order valence-corrected chi connectivity index (χ0v) is 14.2. The van der Waals surface area contributed by atoms with Crippen LogP contribution in [0.3, 0.4) is 0 Å². The lowest BCUT2D eigenvalue weighted by Crippen LogP contribution is -2.20. The van der Waals surface area contributed by atoms with Gasteiger partial charge in [0.2, 0.25) is 0 Å². The van der Waals surface area contributed by atoms with Crippen molar-refractivity contribution in [3.8, 4) is 0 Å². The Morgan fingerprint density at radius 3 is 2.68 bits per heavy atom. The predicted molar refractivity (Wildman–Crippen MR) is 92.3 cm³/mol. The summed E-state index contributed by atoms with van der Waals surface area (Å²) < 4.78 is 0. The number of benzene rings is 2. The molecule has 2 aromatic carbocycles. The highest BCUT2D eigenvalue weighted by Crippen LogP contribution is 2.43. The topological polar surface area (TPSA) is 20.3 Å². The van der Waals surface area contributed by atoms with Crippen LogP contribution >= 0.6 is 23.4 Å². The minimum atomic E-state index is -0.106. The molecular formula is C18H18ClNOS. The predicted octanol–water partition coefficient (Wildman–Crippen LogP) is 4.72. The van der Waals surface area contributed by atoms with Crippen molar-refractivity contribution in [2.75, 3.05) is 20.6 Å². The summed E-state index contributed by atoms with van der Waals surface area (Å²) in [7, 11) is 4.07. The molecule has 0 spiro atoms. The van der Waals surface area contributed by atoms with Gasteiger partial charge in [0.15, 0.2) is 5.78 Å². The second-order valence-electron chi connectivity index (χ2n) is 5.79. The molecule has 0 amide bonds. The van der Waals surface area contributed by atoms with Crippen molar-refractivity contribution < 1.29 is 4.79 Å². The van der Waals surface area contributed by atoms with Gasteiger partial charge in [0.1, 0.15) is 0 Å². The molecule has 114 valence electrons. The molecule has 0 saturated heterocycles. The summed E-state index contributed by atoms with van der Waals surface area (Å²) in [5.74, 6) is 0.0719. The molecule has 1 aliphatic heterocycles. The maximum atomic E-state index is 13.1. The minimum absolute atomic E-state index is 0.106. The van der Waals surface area contributed by atoms with E-state index in [0.717, 1.165) is 29.0 Å². The first-order valence-corrected chi connectivity index (χ1v) is 8.51. The van der Waals surface area contributed by atoms with Crippen LogP contribution < -0.4 is 0 Å². The number of rotatable bonds is 3. The average molecular weight is 332 g/mol. The molecule has 1 heterocycles. The van der Waals surface area contributed by atoms with Crippen molar-refractivity contribution in [2.24, 2.45) is 0 Å². The van der Waals surface area contributed by atoms with Gasteiger partial charge in [-0.3, -0.25) is 4.79 Å². The van der Waals surface area contributed by atoms with Crippen LogP contribution in [-0.2, 0) is 0 Å². The van der Waals surface area contributed by atoms with E-state index in [1.165, 1.54) is 4.90 Å². The van der Waals surface area contributed by atoms with Gasteiger partial charge in [0.25, 0.3) is 0 Å². The standard InChI is InChI=1S/C18H18ClNOS/c1-20(2)10-9-14-13-5-3-4-6-16(13)22-17-8-7-12(19)11-15(17)18(14)21/h3-8,11,14H,9-10H2,1-2H3. The van der Waals surface area contributed by atoms with Crippen molar-refractivity contribution in [1.82, 2.24) is 4.90 Å². The van der Waals surface area contributed by atoms with Gasteiger partial charge in [-0.05, 0) is 56.9 Å². The molecular weight excluding hydrogens is 314 g/mol. The van der Waals surface area contributed by atoms with Crippen LogP contribution in [0.4, 0.5) is 0 Å². The molecule has 0 radical (unpaired) electrons. The second-order valence-corrected chi connectivity index (χ2v) is 7.31. The fourth-order valence-corrected chi connectivity index (χ4v) is 4.06. The molecule has 1 aliphatic rings. The smallest absolute Gasteiger partial charge is 0.171 e. The van der Waals surface area contributed by atoms with E-state index in [-0.39, 0.29) is 11.7 Å². The number of ketones is 1. The summed E-state index contributed by atoms with van der Waals surface area (Å²) in [5, 5.41) is 0.616. The molecule has 0 aliphatic carbocycles. The van der Waals surface area contributed by atoms with Crippen LogP contribution in [0.25, 0.3) is 0 Å². The Morgan fingerprint density at radius 1 is 1.14 bits per heavy atom. The van der Waals surface area contributed by atoms with Crippen LogP contribution in [0.5, 0.6) is 0 Å². The van der Waals surface area contributed by atoms with Crippen LogP contribution in [0.15, 0.2) is 52.3 Å². The molecule has 22 heavy (non-hydrogen) atoms. The maximum Gasteiger partial charge on any atom is 0.171 e. The molecule has 3 rings (SSSR count). The molecule has 0 N–H and O–H groups in total. The van der Waals surface area contributed by atoms with Crippen LogP contribution in [-0.4, -0.2) is 31.3 Å². The Bertz CT molecular complexity index is 714. The fraction of sp³-hybridized carbons (Fsp3) is 0.278. The van der Waals surface area contributed by atoms with Crippen molar-refractivity contribution >= 4 is 29.1 Å². The highest BCUT2D eigenvalue weighted by atomic mass is 35.5. The van der Waals surface area contributed by atoms with Gasteiger partial charge in [-0.15, -0.1) is 0 Å². The van der Waals surface area contributed by atoms with Crippen molar-refractivity contribution in [1.29, 1.82) is 0 Å². The monoisotopic (exact) mass is 331 g/mol. The normalized spacial score (nSPS) is 17.1. The molecule has 2 nitrogen and oxygen atoms in total. The van der Waals surface area contributed by atoms with E-state index in [9.17, 15) is 4.79 Å². The molecule has 2 aromatic rings. The van der Waals surface area contributed by atoms with Gasteiger partial charge in [-0.1, -0.05) is 41.6 Å². The van der Waals surface area contributed by atoms with Crippen molar-refractivity contribution in [3.63, 3.8) is 0 Å². The maximum absolute atomic E-state index is 13.1. The highest BCUT2D eigenvalue weighted by molar-refractivity contribution is 7.99. The van der Waals surface area contributed by atoms with Gasteiger partial charge >= 0.3 is 0 Å². The van der Waals surface area contributed by atoms with Crippen LogP contribution in [0.1, 0.15) is 28.3 Å². The van der Waals surface area contributed by atoms with Crippen LogP contribution in [0, 0.1) is 0 Å². The summed E-state index contributed by atoms with van der Waals surface area (Å²) >= 11 is 7.77. The Balaban J connectivity index is 2.09. The van der Waals surface area contributed by atoms with Gasteiger partial charge in [0, 0.05) is 26.3 Å². The minimum Gasteiger partial charge on any atom is -0.309 e. The van der Waals surface area contributed by atoms with Gasteiger partial charge in [-0.2, -0.15) is 0 Å². The molecule has 1 unspecified atom stereocenters. The summed E-state index contributed by atoms with van der Waals surface area (Å²) in [5.41, 5.74) is 1.88. The van der Waals surface area contributed by atoms with E-state index in [1.54, 1.807) is 17.8 Å². The SMILES string of the molecule is CN(C)CCC1C(=O)c2cc(Cl)ccc2Sc2ccccc21. The number of halogens is 1. The van der Waals surface area contributed by atoms with E-state index in [4.69, 9.17) is 11.6 Å². The quantitative estimate of drug-likeness (QED) is 0.811. The van der Waals surface area contributed by atoms with Gasteiger partial charge < -0.3 is 4.90 Å². The van der Waals surface area contributed by atoms with Crippen molar-refractivity contribution in [3.05, 3.63) is 58.6 Å². The summed E-state index contributed by atoms with van der Waals surface area (Å²) in [4.78, 5) is 17.4. The Kier molecular flexibility index (Phi) is 4.57. The molecule has 4 heteroatoms. The largest absolute Gasteiger partial charge is 0.309 e. The van der Waals surface area contributed by atoms with Gasteiger partial charge in [-0.25, -0.2) is 0 Å². The van der Waals surface area contributed by atoms with E-state index in [2.05, 4.69) is 17.0 Å². The summed E-state index contributed by atoms with van der Waals surface area (Å²) in [6.07, 6.45) is 0.815. The number of fused-ring (bicyclic) bond motifs is 2. The second kappa shape index (κ2) is 6.45. The first-order chi connectivity index (χ1) is 10.6. The third-order valence-corrected chi connectivity index (χ3v) is 5.31. The number of nitrogens with zero attached hydrogens (tertiary/aromatic N) is 1. The molecule has 0 aromatic heterocycles. The third-order valence-electron chi connectivity index (χ3n) is 3.90. The lowest BCUT2D eigenvalue weighted by molar-refractivity contribution is 0.0948. The van der Waals surface area contributed by atoms with Gasteiger partial charge in [0.05, 0.1) is 0 Å². The number of hydrogen-bond donors (Lipinski definition) is 0. The number of hydrogen-bond acceptors (Lipinski definition) is 3. The molecule has 1 atom stereocenters. The van der Waals surface area contributed by atoms with E-state index in [1.807, 2.05) is 38.4 Å². The molecule has 0 saturated carbocycles. The third kappa shape index (κ3) is 3.07. The van der Waals surface area contributed by atoms with E-state index in [0.29, 0.717) is 5.02 Å². The van der Waals surface area contributed by atoms with Crippen LogP contribution in [0.2, 0.25) is 5.02 Å². The lowest BCUT2D eigenvalue weighted by atomic mass is 9.88. The Hall–Kier alpha value is -1.29. The zero-order chi connectivity index (χ0) is 15.7. The number of carbonyl (C=O) groups excluding carboxylic acids is 1. The zero-order valence-electron chi connectivity index (χ0n) is 12.7. The number of Topliss-reactive ketones (excluding diaryl/α,β-unsaturated/α-hetero) is 1. The molecule has 0 fully saturated rings. The van der Waals surface area contributed by atoms with E-state index < -0.39 is 0 Å².